The van der Waals surface area contributed by atoms with Crippen LogP contribution in [0.15, 0.2) is 48.7 Å². The van der Waals surface area contributed by atoms with E-state index >= 15 is 0 Å². The Morgan fingerprint density at radius 1 is 0.889 bits per heavy atom. The summed E-state index contributed by atoms with van der Waals surface area (Å²) < 4.78 is 5.74. The first-order valence-corrected chi connectivity index (χ1v) is 21.0. The molecule has 2 unspecified atom stereocenters. The summed E-state index contributed by atoms with van der Waals surface area (Å²) in [5.74, 6) is -8.58. The van der Waals surface area contributed by atoms with Gasteiger partial charge in [-0.15, -0.1) is 0 Å². The lowest BCUT2D eigenvalue weighted by Crippen LogP contribution is -2.64. The highest BCUT2D eigenvalue weighted by atomic mass is 16.6. The summed E-state index contributed by atoms with van der Waals surface area (Å²) in [5, 5.41) is 28.8. The van der Waals surface area contributed by atoms with Crippen LogP contribution in [0.4, 0.5) is 0 Å². The maximum Gasteiger partial charge on any atom is 0.335 e. The molecule has 344 valence electrons. The van der Waals surface area contributed by atoms with Crippen molar-refractivity contribution in [2.75, 3.05) is 27.7 Å². The van der Waals surface area contributed by atoms with Crippen molar-refractivity contribution in [3.8, 4) is 5.75 Å². The summed E-state index contributed by atoms with van der Waals surface area (Å²) in [6.45, 7) is 13.1. The lowest BCUT2D eigenvalue weighted by molar-refractivity contribution is -0.165. The number of aliphatic hydroxyl groups is 1. The van der Waals surface area contributed by atoms with Crippen molar-refractivity contribution in [3.63, 3.8) is 0 Å². The molecule has 2 fully saturated rings. The predicted molar refractivity (Wildman–Crippen MR) is 228 cm³/mol. The lowest BCUT2D eigenvalue weighted by Gasteiger charge is -2.43. The Bertz CT molecular complexity index is 2050. The highest BCUT2D eigenvalue weighted by molar-refractivity contribution is 6.01. The number of likely N-dealkylation sites (N-methyl/N-ethyl adjacent to an activating group) is 3. The number of esters is 1. The predicted octanol–water partition coefficient (Wildman–Crippen LogP) is 0.953. The van der Waals surface area contributed by atoms with Crippen molar-refractivity contribution in [1.82, 2.24) is 40.5 Å². The van der Waals surface area contributed by atoms with E-state index in [1.165, 1.54) is 77.3 Å². The monoisotopic (exact) mass is 878 g/mol. The maximum atomic E-state index is 14.6. The van der Waals surface area contributed by atoms with E-state index in [9.17, 15) is 48.6 Å². The van der Waals surface area contributed by atoms with E-state index in [1.54, 1.807) is 39.0 Å². The van der Waals surface area contributed by atoms with Gasteiger partial charge in [-0.25, -0.2) is 9.78 Å². The van der Waals surface area contributed by atoms with E-state index in [1.807, 2.05) is 13.8 Å². The van der Waals surface area contributed by atoms with Crippen molar-refractivity contribution in [2.45, 2.75) is 116 Å². The van der Waals surface area contributed by atoms with Crippen LogP contribution in [0.5, 0.6) is 5.75 Å². The molecule has 0 bridgehead atoms. The Morgan fingerprint density at radius 2 is 1.52 bits per heavy atom. The molecular weight excluding hydrogens is 817 g/mol. The zero-order valence-corrected chi connectivity index (χ0v) is 37.8. The van der Waals surface area contributed by atoms with Gasteiger partial charge >= 0.3 is 5.97 Å². The van der Waals surface area contributed by atoms with Crippen LogP contribution < -0.4 is 16.0 Å². The number of aromatic nitrogens is 1. The molecule has 2 aliphatic heterocycles. The van der Waals surface area contributed by atoms with E-state index in [0.717, 1.165) is 14.7 Å². The van der Waals surface area contributed by atoms with Crippen molar-refractivity contribution in [2.24, 2.45) is 17.8 Å². The van der Waals surface area contributed by atoms with E-state index in [-0.39, 0.29) is 36.8 Å². The number of carbonyl (C=O) groups excluding carboxylic acids is 8. The van der Waals surface area contributed by atoms with Crippen LogP contribution in [0.2, 0.25) is 0 Å². The first-order chi connectivity index (χ1) is 29.4. The van der Waals surface area contributed by atoms with Gasteiger partial charge in [0.15, 0.2) is 11.7 Å². The molecule has 19 nitrogen and oxygen atoms in total. The fourth-order valence-corrected chi connectivity index (χ4v) is 7.80. The van der Waals surface area contributed by atoms with Crippen molar-refractivity contribution in [3.05, 3.63) is 59.9 Å². The summed E-state index contributed by atoms with van der Waals surface area (Å²) in [6.07, 6.45) is -2.37. The van der Waals surface area contributed by atoms with E-state index in [4.69, 9.17) is 4.74 Å². The SMILES string of the molecule is CC(C)C[C@@H]1NC(=O)[C@H](NC(=O)c2ncccc2O)OC(=O)[C@@H](c2ccccc2)N(C)C(=O)[C@@H](C)NC(=O)[C@@H](C(C)C(C)C)N(C)C(=O)C(C)(C)N(C)C(=O)[C@@H]2CC(O)CN2C1=O. The van der Waals surface area contributed by atoms with Gasteiger partial charge in [-0.3, -0.25) is 33.6 Å². The topological polar surface area (TPSA) is 248 Å². The molecule has 63 heavy (non-hydrogen) atoms. The molecule has 3 heterocycles. The summed E-state index contributed by atoms with van der Waals surface area (Å²) in [5.41, 5.74) is -1.92. The minimum Gasteiger partial charge on any atom is -0.505 e. The second-order valence-electron chi connectivity index (χ2n) is 17.7. The van der Waals surface area contributed by atoms with Gasteiger partial charge in [-0.05, 0) is 62.6 Å². The van der Waals surface area contributed by atoms with Gasteiger partial charge in [0, 0.05) is 40.3 Å². The zero-order valence-electron chi connectivity index (χ0n) is 37.8. The highest BCUT2D eigenvalue weighted by Gasteiger charge is 2.49. The molecule has 8 atom stereocenters. The standard InChI is InChI=1S/C44H62N8O11/c1-23(2)20-29-40(59)52-22-28(53)21-30(52)41(60)51(11)44(7,8)43(62)50(10)33(25(5)24(3)4)36(56)46-26(6)39(58)49(9)34(27-16-13-12-14-17-27)42(61)63-38(37(57)47-29)48-35(55)32-31(54)18-15-19-45-32/h12-19,23-26,28-30,33-34,38,53-54H,20-22H2,1-11H3,(H,46,56)(H,47,57)(H,48,55)/t25?,26-,28?,29+,30+,33-,34-,38-/m1/s1. The second kappa shape index (κ2) is 20.4. The largest absolute Gasteiger partial charge is 0.505 e. The molecule has 19 heteroatoms. The van der Waals surface area contributed by atoms with Crippen LogP contribution in [0.3, 0.4) is 0 Å². The molecule has 2 aromatic rings. The number of rotatable bonds is 7. The number of hydrogen-bond acceptors (Lipinski definition) is 12. The minimum absolute atomic E-state index is 0.0173. The summed E-state index contributed by atoms with van der Waals surface area (Å²) in [6, 6.07) is 3.70. The number of amides is 7. The van der Waals surface area contributed by atoms with Crippen molar-refractivity contribution in [1.29, 1.82) is 0 Å². The Kier molecular flexibility index (Phi) is 16.0. The fraction of sp³-hybridized carbons (Fsp3) is 0.568. The maximum absolute atomic E-state index is 14.6. The number of nitrogens with one attached hydrogen (secondary N) is 3. The molecular formula is C44H62N8O11. The molecule has 0 spiro atoms. The number of aliphatic hydroxyl groups excluding tert-OH is 1. The minimum atomic E-state index is -2.21. The van der Waals surface area contributed by atoms with Crippen molar-refractivity contribution >= 4 is 47.3 Å². The molecule has 2 saturated heterocycles. The van der Waals surface area contributed by atoms with E-state index < -0.39 is 113 Å². The Hall–Kier alpha value is -6.11. The van der Waals surface area contributed by atoms with Crippen LogP contribution in [0, 0.1) is 17.8 Å². The van der Waals surface area contributed by atoms with Gasteiger partial charge in [0.25, 0.3) is 18.0 Å². The summed E-state index contributed by atoms with van der Waals surface area (Å²) >= 11 is 0. The normalized spacial score (nSPS) is 26.5. The highest BCUT2D eigenvalue weighted by Crippen LogP contribution is 2.29. The first-order valence-electron chi connectivity index (χ1n) is 21.0. The van der Waals surface area contributed by atoms with Gasteiger partial charge < -0.3 is 50.5 Å². The van der Waals surface area contributed by atoms with Gasteiger partial charge in [-0.2, -0.15) is 0 Å². The number of nitrogens with zero attached hydrogens (tertiary/aromatic N) is 5. The number of benzene rings is 1. The van der Waals surface area contributed by atoms with Gasteiger partial charge in [0.2, 0.25) is 29.5 Å². The average molecular weight is 879 g/mol. The Morgan fingerprint density at radius 3 is 2.11 bits per heavy atom. The molecule has 2 aliphatic rings. The van der Waals surface area contributed by atoms with Crippen LogP contribution in [-0.4, -0.2) is 152 Å². The number of cyclic esters (lactones) is 1. The summed E-state index contributed by atoms with van der Waals surface area (Å²) in [4.78, 5) is 123. The molecule has 1 aromatic heterocycles. The molecule has 1 aromatic carbocycles. The summed E-state index contributed by atoms with van der Waals surface area (Å²) in [7, 11) is 4.10. The number of hydrogen-bond donors (Lipinski definition) is 5. The number of fused-ring (bicyclic) bond motifs is 1. The number of ether oxygens (including phenoxy) is 1. The third-order valence-corrected chi connectivity index (χ3v) is 12.0. The van der Waals surface area contributed by atoms with Crippen LogP contribution >= 0.6 is 0 Å². The number of pyridine rings is 1. The Labute approximate surface area is 367 Å². The van der Waals surface area contributed by atoms with E-state index in [0.29, 0.717) is 0 Å². The number of aromatic hydroxyl groups is 1. The fourth-order valence-electron chi connectivity index (χ4n) is 7.80. The van der Waals surface area contributed by atoms with Crippen molar-refractivity contribution < 1.29 is 53.3 Å². The van der Waals surface area contributed by atoms with Gasteiger partial charge in [-0.1, -0.05) is 65.0 Å². The second-order valence-corrected chi connectivity index (χ2v) is 17.7. The van der Waals surface area contributed by atoms with Gasteiger partial charge in [0.05, 0.1) is 6.10 Å². The van der Waals surface area contributed by atoms with Crippen LogP contribution in [-0.2, 0) is 38.3 Å². The zero-order chi connectivity index (χ0) is 47.2. The molecule has 5 N–H and O–H groups in total. The van der Waals surface area contributed by atoms with Crippen LogP contribution in [0.25, 0.3) is 0 Å². The molecule has 0 aliphatic carbocycles. The molecule has 7 amide bonds. The van der Waals surface area contributed by atoms with E-state index in [2.05, 4.69) is 20.9 Å². The first kappa shape index (κ1) is 49.5. The smallest absolute Gasteiger partial charge is 0.335 e. The molecule has 0 radical (unpaired) electrons. The Balaban J connectivity index is 1.91. The number of carbonyl (C=O) groups is 8. The molecule has 0 saturated carbocycles. The molecule has 4 rings (SSSR count). The lowest BCUT2D eigenvalue weighted by atomic mass is 9.87. The third-order valence-electron chi connectivity index (χ3n) is 12.0. The third kappa shape index (κ3) is 11.1. The quantitative estimate of drug-likeness (QED) is 0.244. The van der Waals surface area contributed by atoms with Gasteiger partial charge in [0.1, 0.15) is 35.5 Å². The average Bonchev–Trinajstić information content (AvgIpc) is 3.62. The van der Waals surface area contributed by atoms with Crippen LogP contribution in [0.1, 0.15) is 90.3 Å².